The van der Waals surface area contributed by atoms with Crippen molar-refractivity contribution in [2.75, 3.05) is 0 Å². The summed E-state index contributed by atoms with van der Waals surface area (Å²) in [5, 5.41) is 8.54. The first-order valence-electron chi connectivity index (χ1n) is 3.15. The van der Waals surface area contributed by atoms with Crippen molar-refractivity contribution < 1.29 is 19.8 Å². The van der Waals surface area contributed by atoms with Gasteiger partial charge in [-0.15, -0.1) is 0 Å². The molecule has 1 aromatic rings. The van der Waals surface area contributed by atoms with E-state index in [0.717, 1.165) is 5.56 Å². The molecule has 12 heavy (non-hydrogen) atoms. The normalized spacial score (nSPS) is 8.33. The third-order valence-electron chi connectivity index (χ3n) is 1.03. The molecule has 0 aliphatic rings. The molecule has 1 rings (SSSR count). The number of aliphatic hydroxyl groups excluding tert-OH is 1. The van der Waals surface area contributed by atoms with E-state index in [1.165, 1.54) is 0 Å². The summed E-state index contributed by atoms with van der Waals surface area (Å²) in [7, 11) is 0. The van der Waals surface area contributed by atoms with Gasteiger partial charge in [0, 0.05) is 0 Å². The minimum atomic E-state index is -1.11. The van der Waals surface area contributed by atoms with Gasteiger partial charge in [0.25, 0.3) is 0 Å². The summed E-state index contributed by atoms with van der Waals surface area (Å²) in [5.74, 6) is 0. The van der Waals surface area contributed by atoms with Crippen molar-refractivity contribution in [1.29, 1.82) is 0 Å². The van der Waals surface area contributed by atoms with Gasteiger partial charge in [0.1, 0.15) is 0 Å². The van der Waals surface area contributed by atoms with Crippen LogP contribution in [0.15, 0.2) is 30.3 Å². The van der Waals surface area contributed by atoms with E-state index in [4.69, 9.17) is 5.11 Å². The molecule has 0 bridgehead atoms. The van der Waals surface area contributed by atoms with Crippen molar-refractivity contribution in [3.05, 3.63) is 35.9 Å². The second-order valence-electron chi connectivity index (χ2n) is 1.86. The van der Waals surface area contributed by atoms with Gasteiger partial charge in [0.15, 0.2) is 0 Å². The van der Waals surface area contributed by atoms with Crippen molar-refractivity contribution >= 4 is 36.7 Å². The number of hydrogen-bond acceptors (Lipinski definition) is 1. The van der Waals surface area contributed by atoms with Crippen molar-refractivity contribution in [3.8, 4) is 0 Å². The van der Waals surface area contributed by atoms with Crippen LogP contribution in [0, 0.1) is 0 Å². The van der Waals surface area contributed by atoms with Gasteiger partial charge in [-0.2, -0.15) is 0 Å². The molecule has 0 amide bonds. The van der Waals surface area contributed by atoms with Gasteiger partial charge in [-0.1, -0.05) is 30.3 Å². The van der Waals surface area contributed by atoms with Gasteiger partial charge in [0.05, 0.1) is 6.61 Å². The first kappa shape index (κ1) is 13.5. The Bertz CT molecular complexity index is 190. The Morgan fingerprint density at radius 2 is 1.50 bits per heavy atom. The van der Waals surface area contributed by atoms with E-state index >= 15 is 0 Å². The molecule has 0 fully saturated rings. The van der Waals surface area contributed by atoms with Gasteiger partial charge in [0.2, 0.25) is 0 Å². The predicted molar refractivity (Wildman–Crippen MR) is 59.1 cm³/mol. The third-order valence-corrected chi connectivity index (χ3v) is 1.03. The second kappa shape index (κ2) is 9.07. The number of aliphatic hydroxyl groups is 1. The summed E-state index contributed by atoms with van der Waals surface area (Å²) < 4.78 is 0. The fourth-order valence-corrected chi connectivity index (χ4v) is 0.583. The maximum atomic E-state index is 8.54. The van der Waals surface area contributed by atoms with Gasteiger partial charge in [-0.25, -0.2) is 0 Å². The Morgan fingerprint density at radius 1 is 1.08 bits per heavy atom. The standard InChI is InChI=1S/C7H8O.3BrH.Zr/c8-6-7-4-2-1-3-5-7;;;;/h1-5,8H,6H2;3*1H;/q;;;;+3/p-3. The number of hydrogen-bond donors (Lipinski definition) is 1. The average molecular weight is 439 g/mol. The van der Waals surface area contributed by atoms with Crippen LogP contribution in [-0.4, -0.2) is 5.11 Å². The zero-order valence-electron chi connectivity index (χ0n) is 6.17. The van der Waals surface area contributed by atoms with Crippen LogP contribution in [0.1, 0.15) is 5.56 Å². The molecular formula is C7H8Br3OZr. The topological polar surface area (TPSA) is 20.2 Å². The molecule has 5 heteroatoms. The van der Waals surface area contributed by atoms with E-state index in [1.807, 2.05) is 30.3 Å². The molecule has 0 radical (unpaired) electrons. The van der Waals surface area contributed by atoms with Crippen LogP contribution < -0.4 is 0 Å². The number of halogens is 3. The van der Waals surface area contributed by atoms with E-state index < -0.39 is 14.7 Å². The van der Waals surface area contributed by atoms with Crippen molar-refractivity contribution in [2.45, 2.75) is 6.61 Å². The zero-order valence-corrected chi connectivity index (χ0v) is 13.4. The zero-order chi connectivity index (χ0) is 9.40. The van der Waals surface area contributed by atoms with Crippen LogP contribution >= 0.6 is 36.7 Å². The molecule has 0 atom stereocenters. The summed E-state index contributed by atoms with van der Waals surface area (Å²) >= 11 is 8.80. The summed E-state index contributed by atoms with van der Waals surface area (Å²) in [4.78, 5) is 0. The Labute approximate surface area is 97.6 Å². The SMILES string of the molecule is OCc1ccccc1.[Br][Zr]([Br])[Br]. The first-order chi connectivity index (χ1) is 5.66. The monoisotopic (exact) mass is 435 g/mol. The fraction of sp³-hybridized carbons (Fsp3) is 0.143. The van der Waals surface area contributed by atoms with E-state index in [-0.39, 0.29) is 6.61 Å². The molecule has 67 valence electrons. The third kappa shape index (κ3) is 9.59. The maximum absolute atomic E-state index is 8.54. The summed E-state index contributed by atoms with van der Waals surface area (Å²) in [5.41, 5.74) is 0.965. The molecule has 0 saturated heterocycles. The van der Waals surface area contributed by atoms with E-state index in [1.54, 1.807) is 0 Å². The molecule has 0 aliphatic carbocycles. The van der Waals surface area contributed by atoms with E-state index in [2.05, 4.69) is 36.7 Å². The Morgan fingerprint density at radius 3 is 1.75 bits per heavy atom. The Balaban J connectivity index is 0.000000261. The second-order valence-corrected chi connectivity index (χ2v) is 35.9. The van der Waals surface area contributed by atoms with Crippen molar-refractivity contribution in [1.82, 2.24) is 0 Å². The Kier molecular flexibility index (Phi) is 10.2. The number of benzene rings is 1. The molecule has 1 nitrogen and oxygen atoms in total. The van der Waals surface area contributed by atoms with Gasteiger partial charge < -0.3 is 5.11 Å². The Hall–Kier alpha value is 1.50. The van der Waals surface area contributed by atoms with Crippen molar-refractivity contribution in [3.63, 3.8) is 0 Å². The number of rotatable bonds is 1. The quantitative estimate of drug-likeness (QED) is 0.708. The van der Waals surface area contributed by atoms with Crippen LogP contribution in [0.2, 0.25) is 0 Å². The van der Waals surface area contributed by atoms with Gasteiger partial charge >= 0.3 is 51.4 Å². The molecule has 1 aromatic carbocycles. The fourth-order valence-electron chi connectivity index (χ4n) is 0.583. The van der Waals surface area contributed by atoms with E-state index in [0.29, 0.717) is 0 Å². The molecule has 0 spiro atoms. The molecule has 0 heterocycles. The van der Waals surface area contributed by atoms with Crippen LogP contribution in [-0.2, 0) is 21.3 Å². The van der Waals surface area contributed by atoms with Crippen LogP contribution in [0.25, 0.3) is 0 Å². The summed E-state index contributed by atoms with van der Waals surface area (Å²) in [6, 6.07) is 9.52. The average Bonchev–Trinajstić information content (AvgIpc) is 2.05. The van der Waals surface area contributed by atoms with Crippen LogP contribution in [0.5, 0.6) is 0 Å². The molecular weight excluding hydrogens is 431 g/mol. The first-order valence-corrected chi connectivity index (χ1v) is 20.0. The van der Waals surface area contributed by atoms with Crippen LogP contribution in [0.4, 0.5) is 0 Å². The summed E-state index contributed by atoms with van der Waals surface area (Å²) in [6.45, 7) is 0.140. The summed E-state index contributed by atoms with van der Waals surface area (Å²) in [6.07, 6.45) is 0. The molecule has 0 saturated carbocycles. The molecule has 0 unspecified atom stereocenters. The van der Waals surface area contributed by atoms with Gasteiger partial charge in [-0.05, 0) is 5.56 Å². The minimum absolute atomic E-state index is 0.140. The molecule has 0 aromatic heterocycles. The van der Waals surface area contributed by atoms with Crippen molar-refractivity contribution in [2.24, 2.45) is 0 Å². The molecule has 1 N–H and O–H groups in total. The predicted octanol–water partition coefficient (Wildman–Crippen LogP) is 3.71. The molecule has 0 aliphatic heterocycles. The van der Waals surface area contributed by atoms with E-state index in [9.17, 15) is 0 Å². The van der Waals surface area contributed by atoms with Crippen LogP contribution in [0.3, 0.4) is 0 Å². The van der Waals surface area contributed by atoms with Gasteiger partial charge in [-0.3, -0.25) is 0 Å².